The Labute approximate surface area is 194 Å². The van der Waals surface area contributed by atoms with Gasteiger partial charge in [0.15, 0.2) is 0 Å². The molecule has 2 aliphatic rings. The van der Waals surface area contributed by atoms with Crippen molar-refractivity contribution in [2.75, 3.05) is 22.9 Å². The summed E-state index contributed by atoms with van der Waals surface area (Å²) in [7, 11) is 0. The number of rotatable bonds is 8. The van der Waals surface area contributed by atoms with Gasteiger partial charge in [-0.1, -0.05) is 41.5 Å². The maximum atomic E-state index is 12.6. The highest BCUT2D eigenvalue weighted by Crippen LogP contribution is 2.29. The fraction of sp³-hybridized carbons (Fsp3) is 0.385. The van der Waals surface area contributed by atoms with Crippen LogP contribution >= 0.6 is 11.8 Å². The van der Waals surface area contributed by atoms with Crippen LogP contribution in [0, 0.1) is 6.92 Å². The van der Waals surface area contributed by atoms with Gasteiger partial charge in [-0.3, -0.25) is 9.59 Å². The third-order valence-corrected chi connectivity index (χ3v) is 7.08. The molecule has 1 aliphatic carbocycles. The van der Waals surface area contributed by atoms with E-state index in [0.29, 0.717) is 23.5 Å². The Kier molecular flexibility index (Phi) is 7.53. The second-order valence-electron chi connectivity index (χ2n) is 8.56. The van der Waals surface area contributed by atoms with Crippen molar-refractivity contribution in [3.05, 3.63) is 70.8 Å². The second-order valence-corrected chi connectivity index (χ2v) is 9.59. The van der Waals surface area contributed by atoms with Crippen molar-refractivity contribution in [1.82, 2.24) is 5.32 Å². The Morgan fingerprint density at radius 1 is 1.12 bits per heavy atom. The zero-order valence-electron chi connectivity index (χ0n) is 18.6. The molecule has 4 rings (SSSR count). The molecule has 5 nitrogen and oxygen atoms in total. The summed E-state index contributed by atoms with van der Waals surface area (Å²) < 4.78 is 0. The van der Waals surface area contributed by atoms with Gasteiger partial charge in [-0.25, -0.2) is 0 Å². The van der Waals surface area contributed by atoms with Crippen LogP contribution in [0.1, 0.15) is 53.6 Å². The van der Waals surface area contributed by atoms with E-state index in [2.05, 4.69) is 53.2 Å². The van der Waals surface area contributed by atoms with Crippen molar-refractivity contribution in [3.63, 3.8) is 0 Å². The van der Waals surface area contributed by atoms with Gasteiger partial charge in [-0.2, -0.15) is 11.8 Å². The Hall–Kier alpha value is -2.73. The molecule has 0 saturated carbocycles. The molecule has 1 unspecified atom stereocenters. The van der Waals surface area contributed by atoms with E-state index < -0.39 is 0 Å². The van der Waals surface area contributed by atoms with Gasteiger partial charge in [0.2, 0.25) is 5.91 Å². The minimum absolute atomic E-state index is 0.0595. The first kappa shape index (κ1) is 22.5. The lowest BCUT2D eigenvalue weighted by molar-refractivity contribution is -0.116. The van der Waals surface area contributed by atoms with E-state index in [1.807, 2.05) is 12.1 Å². The Bertz CT molecular complexity index is 1000. The third-order valence-electron chi connectivity index (χ3n) is 5.98. The molecule has 0 spiro atoms. The molecule has 1 heterocycles. The highest BCUT2D eigenvalue weighted by molar-refractivity contribution is 7.98. The van der Waals surface area contributed by atoms with E-state index in [0.717, 1.165) is 30.7 Å². The van der Waals surface area contributed by atoms with E-state index in [-0.39, 0.29) is 17.9 Å². The first-order chi connectivity index (χ1) is 15.6. The standard InChI is InChI=1S/C26H31N3O2S/c1-18-7-9-20(10-8-18)16-32-17-24-26(31)29-23-15-21(11-12-22(23)28-24)25(30)27-14-13-19-5-3-2-4-6-19/h5,7-12,15,24,28H,2-4,6,13-14,16-17H2,1H3,(H,27,30)(H,29,31). The van der Waals surface area contributed by atoms with Crippen LogP contribution in [0.5, 0.6) is 0 Å². The van der Waals surface area contributed by atoms with Gasteiger partial charge in [-0.15, -0.1) is 0 Å². The molecule has 0 fully saturated rings. The SMILES string of the molecule is Cc1ccc(CSCC2Nc3ccc(C(=O)NCCC4=CCCCC4)cc3NC2=O)cc1. The minimum atomic E-state index is -0.290. The number of aryl methyl sites for hydroxylation is 1. The van der Waals surface area contributed by atoms with Gasteiger partial charge in [0, 0.05) is 23.6 Å². The van der Waals surface area contributed by atoms with Crippen LogP contribution in [0.4, 0.5) is 11.4 Å². The van der Waals surface area contributed by atoms with E-state index >= 15 is 0 Å². The quantitative estimate of drug-likeness (QED) is 0.480. The number of fused-ring (bicyclic) bond motifs is 1. The van der Waals surface area contributed by atoms with Gasteiger partial charge in [0.1, 0.15) is 6.04 Å². The first-order valence-electron chi connectivity index (χ1n) is 11.4. The summed E-state index contributed by atoms with van der Waals surface area (Å²) in [6.07, 6.45) is 8.06. The van der Waals surface area contributed by atoms with Crippen molar-refractivity contribution < 1.29 is 9.59 Å². The normalized spacial score (nSPS) is 17.6. The molecule has 2 aromatic rings. The van der Waals surface area contributed by atoms with E-state index in [4.69, 9.17) is 0 Å². The average molecular weight is 450 g/mol. The molecule has 0 bridgehead atoms. The Balaban J connectivity index is 1.28. The number of nitrogens with one attached hydrogen (secondary N) is 3. The van der Waals surface area contributed by atoms with Gasteiger partial charge in [-0.05, 0) is 62.8 Å². The van der Waals surface area contributed by atoms with Crippen molar-refractivity contribution in [3.8, 4) is 0 Å². The second kappa shape index (κ2) is 10.7. The largest absolute Gasteiger partial charge is 0.371 e. The lowest BCUT2D eigenvalue weighted by atomic mass is 9.97. The highest BCUT2D eigenvalue weighted by Gasteiger charge is 2.26. The van der Waals surface area contributed by atoms with Crippen LogP contribution in [0.25, 0.3) is 0 Å². The van der Waals surface area contributed by atoms with Gasteiger partial charge < -0.3 is 16.0 Å². The number of carbonyl (C=O) groups excluding carboxylic acids is 2. The molecular weight excluding hydrogens is 418 g/mol. The molecule has 168 valence electrons. The summed E-state index contributed by atoms with van der Waals surface area (Å²) >= 11 is 1.73. The average Bonchev–Trinajstić information content (AvgIpc) is 2.81. The molecule has 0 saturated heterocycles. The highest BCUT2D eigenvalue weighted by atomic mass is 32.2. The number of benzene rings is 2. The molecule has 6 heteroatoms. The zero-order chi connectivity index (χ0) is 22.3. The molecule has 0 aromatic heterocycles. The lowest BCUT2D eigenvalue weighted by Gasteiger charge is -2.27. The first-order valence-corrected chi connectivity index (χ1v) is 12.5. The summed E-state index contributed by atoms with van der Waals surface area (Å²) in [6, 6.07) is 13.6. The fourth-order valence-electron chi connectivity index (χ4n) is 4.05. The van der Waals surface area contributed by atoms with E-state index in [9.17, 15) is 9.59 Å². The minimum Gasteiger partial charge on any atom is -0.371 e. The number of amides is 2. The number of allylic oxidation sites excluding steroid dienone is 1. The molecular formula is C26H31N3O2S. The van der Waals surface area contributed by atoms with Gasteiger partial charge >= 0.3 is 0 Å². The fourth-order valence-corrected chi connectivity index (χ4v) is 5.07. The van der Waals surface area contributed by atoms with Crippen molar-refractivity contribution in [1.29, 1.82) is 0 Å². The van der Waals surface area contributed by atoms with Crippen LogP contribution in [0.2, 0.25) is 0 Å². The summed E-state index contributed by atoms with van der Waals surface area (Å²) in [6.45, 7) is 2.72. The van der Waals surface area contributed by atoms with E-state index in [1.54, 1.807) is 17.8 Å². The summed E-state index contributed by atoms with van der Waals surface area (Å²) in [5.74, 6) is 1.39. The van der Waals surface area contributed by atoms with Crippen LogP contribution in [-0.2, 0) is 10.5 Å². The monoisotopic (exact) mass is 449 g/mol. The Morgan fingerprint density at radius 2 is 1.97 bits per heavy atom. The summed E-state index contributed by atoms with van der Waals surface area (Å²) in [5, 5.41) is 9.29. The van der Waals surface area contributed by atoms with Crippen molar-refractivity contribution in [2.45, 2.75) is 50.8 Å². The predicted molar refractivity (Wildman–Crippen MR) is 133 cm³/mol. The predicted octanol–water partition coefficient (Wildman–Crippen LogP) is 5.28. The van der Waals surface area contributed by atoms with Crippen LogP contribution in [0.15, 0.2) is 54.1 Å². The zero-order valence-corrected chi connectivity index (χ0v) is 19.4. The van der Waals surface area contributed by atoms with Crippen molar-refractivity contribution >= 4 is 35.0 Å². The number of carbonyl (C=O) groups is 2. The topological polar surface area (TPSA) is 70.2 Å². The van der Waals surface area contributed by atoms with Crippen LogP contribution in [0.3, 0.4) is 0 Å². The summed E-state index contributed by atoms with van der Waals surface area (Å²) in [4.78, 5) is 25.1. The molecule has 2 aromatic carbocycles. The van der Waals surface area contributed by atoms with Crippen LogP contribution < -0.4 is 16.0 Å². The molecule has 0 radical (unpaired) electrons. The molecule has 1 atom stereocenters. The molecule has 2 amide bonds. The molecule has 3 N–H and O–H groups in total. The number of hydrogen-bond acceptors (Lipinski definition) is 4. The van der Waals surface area contributed by atoms with Crippen LogP contribution in [-0.4, -0.2) is 30.2 Å². The molecule has 1 aliphatic heterocycles. The number of anilines is 2. The Morgan fingerprint density at radius 3 is 2.75 bits per heavy atom. The number of hydrogen-bond donors (Lipinski definition) is 3. The number of thioether (sulfide) groups is 1. The van der Waals surface area contributed by atoms with E-state index in [1.165, 1.54) is 29.5 Å². The maximum Gasteiger partial charge on any atom is 0.251 e. The smallest absolute Gasteiger partial charge is 0.251 e. The van der Waals surface area contributed by atoms with Gasteiger partial charge in [0.25, 0.3) is 5.91 Å². The van der Waals surface area contributed by atoms with Gasteiger partial charge in [0.05, 0.1) is 11.4 Å². The maximum absolute atomic E-state index is 12.6. The lowest BCUT2D eigenvalue weighted by Crippen LogP contribution is -2.40. The third kappa shape index (κ3) is 5.94. The summed E-state index contributed by atoms with van der Waals surface area (Å²) in [5.41, 5.74) is 6.04. The van der Waals surface area contributed by atoms with Crippen molar-refractivity contribution in [2.24, 2.45) is 0 Å². The molecule has 32 heavy (non-hydrogen) atoms.